The first kappa shape index (κ1) is 27.2. The van der Waals surface area contributed by atoms with Crippen molar-refractivity contribution >= 4 is 17.7 Å². The van der Waals surface area contributed by atoms with Gasteiger partial charge in [-0.05, 0) is 79.3 Å². The van der Waals surface area contributed by atoms with Crippen molar-refractivity contribution in [3.8, 4) is 17.0 Å². The zero-order chi connectivity index (χ0) is 28.6. The van der Waals surface area contributed by atoms with Gasteiger partial charge < -0.3 is 25.2 Å². The van der Waals surface area contributed by atoms with Crippen LogP contribution in [-0.4, -0.2) is 71.4 Å². The molecule has 0 spiro atoms. The van der Waals surface area contributed by atoms with E-state index in [0.29, 0.717) is 32.0 Å². The lowest BCUT2D eigenvalue weighted by Gasteiger charge is -2.38. The molecule has 3 fully saturated rings. The normalized spacial score (nSPS) is 21.8. The number of ether oxygens (including phenoxy) is 2. The molecule has 42 heavy (non-hydrogen) atoms. The molecular weight excluding hydrogens is 530 g/mol. The second-order valence-electron chi connectivity index (χ2n) is 12.2. The van der Waals surface area contributed by atoms with E-state index in [2.05, 4.69) is 46.2 Å². The summed E-state index contributed by atoms with van der Waals surface area (Å²) in [6, 6.07) is 15.2. The molecule has 2 saturated carbocycles. The standard InChI is InChI=1S/C33H39N5O4/c34-33-35-30-28-10-8-26(42-20-21-1-3-22(4-2-21)23-5-6-23)17-24(28)7-9-29(30)31(36-33)38-13-11-37(12-14-38)15-16-41-27-18-25(19-27)32(39)40/h1-4,8,10,17,23,25,27H,5-7,9,11-16,18-20H2,(H,39,40)(H2,34,35,36)/t25-,27+. The van der Waals surface area contributed by atoms with Crippen molar-refractivity contribution in [2.24, 2.45) is 5.92 Å². The fraction of sp³-hybridized carbons (Fsp3) is 0.485. The van der Waals surface area contributed by atoms with Gasteiger partial charge in [-0.25, -0.2) is 4.98 Å². The van der Waals surface area contributed by atoms with E-state index in [1.54, 1.807) is 0 Å². The predicted octanol–water partition coefficient (Wildman–Crippen LogP) is 4.28. The number of aliphatic carboxylic acids is 1. The summed E-state index contributed by atoms with van der Waals surface area (Å²) in [5.74, 6) is 1.98. The van der Waals surface area contributed by atoms with Crippen molar-refractivity contribution < 1.29 is 19.4 Å². The molecule has 3 N–H and O–H groups in total. The average molecular weight is 570 g/mol. The molecule has 1 saturated heterocycles. The number of carboxylic acid groups (broad SMARTS) is 1. The Morgan fingerprint density at radius 1 is 1.00 bits per heavy atom. The van der Waals surface area contributed by atoms with Gasteiger partial charge in [-0.3, -0.25) is 9.69 Å². The van der Waals surface area contributed by atoms with E-state index >= 15 is 0 Å². The molecular formula is C33H39N5O4. The number of benzene rings is 2. The third-order valence-corrected chi connectivity index (χ3v) is 9.29. The summed E-state index contributed by atoms with van der Waals surface area (Å²) in [5, 5.41) is 9.03. The second-order valence-corrected chi connectivity index (χ2v) is 12.2. The average Bonchev–Trinajstić information content (AvgIpc) is 3.83. The number of fused-ring (bicyclic) bond motifs is 3. The molecule has 1 aromatic heterocycles. The van der Waals surface area contributed by atoms with Gasteiger partial charge in [0.2, 0.25) is 5.95 Å². The number of anilines is 2. The number of nitrogens with two attached hydrogens (primary N) is 1. The molecule has 0 atom stereocenters. The third-order valence-electron chi connectivity index (χ3n) is 9.29. The zero-order valence-electron chi connectivity index (χ0n) is 24.0. The number of rotatable bonds is 10. The Morgan fingerprint density at radius 2 is 1.79 bits per heavy atom. The quantitative estimate of drug-likeness (QED) is 0.369. The lowest BCUT2D eigenvalue weighted by molar-refractivity contribution is -0.151. The molecule has 3 aliphatic carbocycles. The fourth-order valence-electron chi connectivity index (χ4n) is 6.47. The minimum Gasteiger partial charge on any atom is -0.489 e. The van der Waals surface area contributed by atoms with Crippen LogP contribution in [0.4, 0.5) is 11.8 Å². The molecule has 9 nitrogen and oxygen atoms in total. The van der Waals surface area contributed by atoms with Gasteiger partial charge >= 0.3 is 5.97 Å². The van der Waals surface area contributed by atoms with E-state index in [0.717, 1.165) is 74.3 Å². The Labute approximate surface area is 246 Å². The van der Waals surface area contributed by atoms with E-state index in [-0.39, 0.29) is 12.0 Å². The first-order valence-electron chi connectivity index (χ1n) is 15.3. The summed E-state index contributed by atoms with van der Waals surface area (Å²) in [7, 11) is 0. The van der Waals surface area contributed by atoms with E-state index in [4.69, 9.17) is 30.3 Å². The molecule has 7 rings (SSSR count). The van der Waals surface area contributed by atoms with Gasteiger partial charge in [-0.15, -0.1) is 0 Å². The Kier molecular flexibility index (Phi) is 7.46. The van der Waals surface area contributed by atoms with Gasteiger partial charge in [-0.2, -0.15) is 4.98 Å². The van der Waals surface area contributed by atoms with Crippen molar-refractivity contribution in [3.63, 3.8) is 0 Å². The monoisotopic (exact) mass is 569 g/mol. The van der Waals surface area contributed by atoms with E-state index < -0.39 is 5.97 Å². The fourth-order valence-corrected chi connectivity index (χ4v) is 6.47. The van der Waals surface area contributed by atoms with E-state index in [1.165, 1.54) is 35.1 Å². The van der Waals surface area contributed by atoms with Gasteiger partial charge in [0, 0.05) is 43.9 Å². The van der Waals surface area contributed by atoms with E-state index in [9.17, 15) is 4.79 Å². The van der Waals surface area contributed by atoms with Crippen LogP contribution in [0.3, 0.4) is 0 Å². The minimum absolute atomic E-state index is 0.0948. The molecule has 2 aromatic carbocycles. The van der Waals surface area contributed by atoms with Gasteiger partial charge in [0.15, 0.2) is 0 Å². The highest BCUT2D eigenvalue weighted by Crippen LogP contribution is 2.40. The van der Waals surface area contributed by atoms with Crippen LogP contribution in [0.15, 0.2) is 42.5 Å². The van der Waals surface area contributed by atoms with Gasteiger partial charge in [0.05, 0.1) is 24.3 Å². The van der Waals surface area contributed by atoms with Crippen molar-refractivity contribution in [3.05, 3.63) is 64.7 Å². The Hall–Kier alpha value is -3.69. The maximum Gasteiger partial charge on any atom is 0.306 e. The lowest BCUT2D eigenvalue weighted by atomic mass is 9.82. The predicted molar refractivity (Wildman–Crippen MR) is 161 cm³/mol. The van der Waals surface area contributed by atoms with Gasteiger partial charge in [-0.1, -0.05) is 24.3 Å². The zero-order valence-corrected chi connectivity index (χ0v) is 24.0. The van der Waals surface area contributed by atoms with Crippen LogP contribution < -0.4 is 15.4 Å². The van der Waals surface area contributed by atoms with Gasteiger partial charge in [0.25, 0.3) is 0 Å². The summed E-state index contributed by atoms with van der Waals surface area (Å²) in [5.41, 5.74) is 13.4. The van der Waals surface area contributed by atoms with Crippen LogP contribution in [0.25, 0.3) is 11.3 Å². The summed E-state index contributed by atoms with van der Waals surface area (Å²) in [6.45, 7) is 5.64. The van der Waals surface area contributed by atoms with Crippen molar-refractivity contribution in [1.82, 2.24) is 14.9 Å². The molecule has 3 aromatic rings. The smallest absolute Gasteiger partial charge is 0.306 e. The second kappa shape index (κ2) is 11.5. The summed E-state index contributed by atoms with van der Waals surface area (Å²) in [4.78, 5) is 25.1. The number of carbonyl (C=O) groups is 1. The Balaban J connectivity index is 0.961. The molecule has 4 aliphatic rings. The summed E-state index contributed by atoms with van der Waals surface area (Å²) < 4.78 is 12.1. The number of nitrogens with zero attached hydrogens (tertiary/aromatic N) is 4. The highest BCUT2D eigenvalue weighted by molar-refractivity contribution is 5.76. The molecule has 1 aliphatic heterocycles. The Bertz CT molecular complexity index is 1440. The van der Waals surface area contributed by atoms with Crippen LogP contribution in [0.2, 0.25) is 0 Å². The minimum atomic E-state index is -0.707. The number of aryl methyl sites for hydroxylation is 1. The van der Waals surface area contributed by atoms with Crippen LogP contribution in [0, 0.1) is 5.92 Å². The highest BCUT2D eigenvalue weighted by atomic mass is 16.5. The van der Waals surface area contributed by atoms with Crippen LogP contribution >= 0.6 is 0 Å². The molecule has 0 unspecified atom stereocenters. The Morgan fingerprint density at radius 3 is 2.52 bits per heavy atom. The number of hydrogen-bond donors (Lipinski definition) is 2. The molecule has 0 amide bonds. The number of hydrogen-bond acceptors (Lipinski definition) is 8. The molecule has 0 bridgehead atoms. The third kappa shape index (κ3) is 5.80. The van der Waals surface area contributed by atoms with Crippen molar-refractivity contribution in [2.75, 3.05) is 50.0 Å². The molecule has 2 heterocycles. The van der Waals surface area contributed by atoms with Crippen LogP contribution in [0.1, 0.15) is 53.9 Å². The van der Waals surface area contributed by atoms with E-state index in [1.807, 2.05) is 6.07 Å². The summed E-state index contributed by atoms with van der Waals surface area (Å²) in [6.07, 6.45) is 5.79. The summed E-state index contributed by atoms with van der Waals surface area (Å²) >= 11 is 0. The number of piperazine rings is 1. The van der Waals surface area contributed by atoms with Crippen LogP contribution in [0.5, 0.6) is 5.75 Å². The lowest BCUT2D eigenvalue weighted by Crippen LogP contribution is -2.48. The maximum absolute atomic E-state index is 11.0. The number of nitrogen functional groups attached to an aromatic ring is 1. The molecule has 220 valence electrons. The topological polar surface area (TPSA) is 114 Å². The first-order valence-corrected chi connectivity index (χ1v) is 15.3. The van der Waals surface area contributed by atoms with Gasteiger partial charge in [0.1, 0.15) is 18.2 Å². The molecule has 9 heteroatoms. The van der Waals surface area contributed by atoms with Crippen LogP contribution in [-0.2, 0) is 29.0 Å². The SMILES string of the molecule is Nc1nc2c(c(N3CCN(CCO[C@H]4C[C@@H](C(=O)O)C4)CC3)n1)CCc1cc(OCc3ccc(C4CC4)cc3)ccc1-2. The number of aromatic nitrogens is 2. The van der Waals surface area contributed by atoms with Crippen molar-refractivity contribution in [2.45, 2.75) is 57.2 Å². The first-order chi connectivity index (χ1) is 20.5. The molecule has 0 radical (unpaired) electrons. The largest absolute Gasteiger partial charge is 0.489 e. The number of carboxylic acids is 1. The maximum atomic E-state index is 11.0. The highest BCUT2D eigenvalue weighted by Gasteiger charge is 2.35. The van der Waals surface area contributed by atoms with Crippen molar-refractivity contribution in [1.29, 1.82) is 0 Å².